The molecule has 10 rings (SSSR count). The van der Waals surface area contributed by atoms with Crippen LogP contribution in [0.2, 0.25) is 0 Å². The normalized spacial score (nSPS) is 11.9. The van der Waals surface area contributed by atoms with Crippen molar-refractivity contribution in [3.8, 4) is 27.9 Å². The zero-order valence-electron chi connectivity index (χ0n) is 27.6. The van der Waals surface area contributed by atoms with Gasteiger partial charge in [-0.15, -0.1) is 0 Å². The summed E-state index contributed by atoms with van der Waals surface area (Å²) < 4.78 is 2.43. The van der Waals surface area contributed by atoms with E-state index in [2.05, 4.69) is 193 Å². The van der Waals surface area contributed by atoms with Gasteiger partial charge in [-0.1, -0.05) is 174 Å². The third kappa shape index (κ3) is 4.61. The Morgan fingerprint density at radius 3 is 1.68 bits per heavy atom. The lowest BCUT2D eigenvalue weighted by atomic mass is 9.84. The molecule has 50 heavy (non-hydrogen) atoms. The summed E-state index contributed by atoms with van der Waals surface area (Å²) in [7, 11) is -0.672. The van der Waals surface area contributed by atoms with Crippen LogP contribution in [0.5, 0.6) is 0 Å². The Balaban J connectivity index is 1.29. The number of para-hydroxylation sites is 2. The van der Waals surface area contributed by atoms with E-state index in [0.717, 1.165) is 0 Å². The Kier molecular flexibility index (Phi) is 6.75. The Bertz CT molecular complexity index is 2840. The van der Waals surface area contributed by atoms with Crippen LogP contribution in [-0.2, 0) is 0 Å². The van der Waals surface area contributed by atoms with Crippen molar-refractivity contribution in [2.75, 3.05) is 0 Å². The molecule has 2 heteroatoms. The molecule has 0 atom stereocenters. The Labute approximate surface area is 293 Å². The van der Waals surface area contributed by atoms with Crippen molar-refractivity contribution in [1.29, 1.82) is 0 Å². The van der Waals surface area contributed by atoms with Crippen LogP contribution in [0.25, 0.3) is 82.1 Å². The SMILES string of the molecule is c1ccc([SiH2]c2ccc3c(-c4cccc5ccccc45)c4ccccc4c(-c4cccc(-n5c6ccccc6c6ccccc65)c4)c3c2)cc1. The molecule has 0 saturated carbocycles. The second kappa shape index (κ2) is 11.7. The van der Waals surface area contributed by atoms with Gasteiger partial charge >= 0.3 is 0 Å². The first-order valence-electron chi connectivity index (χ1n) is 17.4. The standard InChI is InChI=1S/C48H33NSi/c1-2-18-35(19-3-1)50-36-28-29-43-44(31-36)47(41-23-6-7-24-42(41)48(43)40-25-13-15-32-14-4-5-20-37(32)40)33-16-12-17-34(30-33)49-45-26-10-8-21-38(45)39-22-9-11-27-46(39)49/h1-31H,50H2. The number of hydrogen-bond acceptors (Lipinski definition) is 0. The maximum absolute atomic E-state index is 2.51. The molecule has 0 fully saturated rings. The van der Waals surface area contributed by atoms with Gasteiger partial charge in [0.25, 0.3) is 0 Å². The predicted octanol–water partition coefficient (Wildman–Crippen LogP) is 10.7. The number of hydrogen-bond donors (Lipinski definition) is 0. The second-order valence-electron chi connectivity index (χ2n) is 13.3. The number of fused-ring (bicyclic) bond motifs is 6. The van der Waals surface area contributed by atoms with Crippen LogP contribution < -0.4 is 10.4 Å². The van der Waals surface area contributed by atoms with Crippen LogP contribution in [0.3, 0.4) is 0 Å². The average molecular weight is 652 g/mol. The van der Waals surface area contributed by atoms with Gasteiger partial charge in [-0.05, 0) is 78.8 Å². The number of nitrogens with zero attached hydrogens (tertiary/aromatic N) is 1. The molecular weight excluding hydrogens is 619 g/mol. The Hall–Kier alpha value is -6.22. The first kappa shape index (κ1) is 28.8. The smallest absolute Gasteiger partial charge is 0.0875 e. The van der Waals surface area contributed by atoms with Gasteiger partial charge in [0.1, 0.15) is 0 Å². The van der Waals surface area contributed by atoms with Gasteiger partial charge in [-0.2, -0.15) is 0 Å². The highest BCUT2D eigenvalue weighted by atomic mass is 28.2. The van der Waals surface area contributed by atoms with Crippen molar-refractivity contribution >= 4 is 74.0 Å². The van der Waals surface area contributed by atoms with E-state index in [9.17, 15) is 0 Å². The monoisotopic (exact) mass is 651 g/mol. The van der Waals surface area contributed by atoms with E-state index in [1.165, 1.54) is 92.4 Å². The first-order chi connectivity index (χ1) is 24.8. The van der Waals surface area contributed by atoms with Crippen LogP contribution in [0, 0.1) is 0 Å². The van der Waals surface area contributed by atoms with Crippen LogP contribution in [-0.4, -0.2) is 14.1 Å². The van der Waals surface area contributed by atoms with Crippen molar-refractivity contribution in [2.24, 2.45) is 0 Å². The summed E-state index contributed by atoms with van der Waals surface area (Å²) in [6.07, 6.45) is 0. The van der Waals surface area contributed by atoms with E-state index in [0.29, 0.717) is 0 Å². The molecule has 0 radical (unpaired) electrons. The summed E-state index contributed by atoms with van der Waals surface area (Å²) in [5.74, 6) is 0. The van der Waals surface area contributed by atoms with Gasteiger partial charge in [-0.3, -0.25) is 0 Å². The van der Waals surface area contributed by atoms with Crippen LogP contribution in [0.15, 0.2) is 188 Å². The van der Waals surface area contributed by atoms with Crippen molar-refractivity contribution in [2.45, 2.75) is 0 Å². The maximum atomic E-state index is 2.51. The summed E-state index contributed by atoms with van der Waals surface area (Å²) in [5, 5.41) is 13.2. The fourth-order valence-electron chi connectivity index (χ4n) is 8.21. The molecule has 0 aliphatic carbocycles. The predicted molar refractivity (Wildman–Crippen MR) is 218 cm³/mol. The van der Waals surface area contributed by atoms with E-state index < -0.39 is 9.52 Å². The first-order valence-corrected chi connectivity index (χ1v) is 18.8. The highest BCUT2D eigenvalue weighted by molar-refractivity contribution is 6.67. The molecule has 1 aromatic heterocycles. The average Bonchev–Trinajstić information content (AvgIpc) is 3.52. The minimum Gasteiger partial charge on any atom is -0.309 e. The quantitative estimate of drug-likeness (QED) is 0.129. The molecule has 0 unspecified atom stereocenters. The summed E-state index contributed by atoms with van der Waals surface area (Å²) in [5.41, 5.74) is 8.74. The van der Waals surface area contributed by atoms with Crippen LogP contribution >= 0.6 is 0 Å². The lowest BCUT2D eigenvalue weighted by Gasteiger charge is -2.20. The summed E-state index contributed by atoms with van der Waals surface area (Å²) >= 11 is 0. The van der Waals surface area contributed by atoms with E-state index in [1.807, 2.05) is 0 Å². The van der Waals surface area contributed by atoms with Crippen LogP contribution in [0.4, 0.5) is 0 Å². The molecule has 1 heterocycles. The van der Waals surface area contributed by atoms with E-state index >= 15 is 0 Å². The summed E-state index contributed by atoms with van der Waals surface area (Å²) in [4.78, 5) is 0. The minimum atomic E-state index is -0.672. The lowest BCUT2D eigenvalue weighted by molar-refractivity contribution is 1.18. The zero-order valence-corrected chi connectivity index (χ0v) is 29.0. The molecular formula is C48H33NSi. The summed E-state index contributed by atoms with van der Waals surface area (Å²) in [6.45, 7) is 0. The third-order valence-corrected chi connectivity index (χ3v) is 12.1. The Morgan fingerprint density at radius 1 is 0.340 bits per heavy atom. The number of rotatable bonds is 5. The lowest BCUT2D eigenvalue weighted by Crippen LogP contribution is -2.26. The van der Waals surface area contributed by atoms with Gasteiger partial charge in [0.15, 0.2) is 0 Å². The molecule has 0 aliphatic heterocycles. The topological polar surface area (TPSA) is 4.93 Å². The minimum absolute atomic E-state index is 0.672. The van der Waals surface area contributed by atoms with E-state index in [-0.39, 0.29) is 0 Å². The van der Waals surface area contributed by atoms with E-state index in [1.54, 1.807) is 0 Å². The van der Waals surface area contributed by atoms with Crippen molar-refractivity contribution < 1.29 is 0 Å². The molecule has 0 aliphatic rings. The highest BCUT2D eigenvalue weighted by Gasteiger charge is 2.20. The van der Waals surface area contributed by atoms with Gasteiger partial charge < -0.3 is 4.57 Å². The molecule has 234 valence electrons. The van der Waals surface area contributed by atoms with Crippen molar-refractivity contribution in [3.63, 3.8) is 0 Å². The highest BCUT2D eigenvalue weighted by Crippen LogP contribution is 2.45. The van der Waals surface area contributed by atoms with E-state index in [4.69, 9.17) is 0 Å². The van der Waals surface area contributed by atoms with Gasteiger partial charge in [-0.25, -0.2) is 0 Å². The van der Waals surface area contributed by atoms with Gasteiger partial charge in [0, 0.05) is 16.5 Å². The second-order valence-corrected chi connectivity index (χ2v) is 15.3. The number of aromatic nitrogens is 1. The Morgan fingerprint density at radius 2 is 0.920 bits per heavy atom. The molecule has 0 N–H and O–H groups in total. The molecule has 10 aromatic rings. The zero-order chi connectivity index (χ0) is 33.0. The summed E-state index contributed by atoms with van der Waals surface area (Å²) in [6, 6.07) is 69.6. The molecule has 0 amide bonds. The molecule has 0 bridgehead atoms. The molecule has 9 aromatic carbocycles. The largest absolute Gasteiger partial charge is 0.309 e. The maximum Gasteiger partial charge on any atom is 0.0875 e. The van der Waals surface area contributed by atoms with Crippen molar-refractivity contribution in [1.82, 2.24) is 4.57 Å². The number of benzene rings is 9. The van der Waals surface area contributed by atoms with Gasteiger partial charge in [0.2, 0.25) is 0 Å². The molecule has 0 spiro atoms. The van der Waals surface area contributed by atoms with Crippen molar-refractivity contribution in [3.05, 3.63) is 188 Å². The fraction of sp³-hybridized carbons (Fsp3) is 0. The molecule has 0 saturated heterocycles. The molecule has 1 nitrogen and oxygen atoms in total. The fourth-order valence-corrected chi connectivity index (χ4v) is 9.73. The van der Waals surface area contributed by atoms with Crippen LogP contribution in [0.1, 0.15) is 0 Å². The third-order valence-electron chi connectivity index (χ3n) is 10.4. The van der Waals surface area contributed by atoms with Gasteiger partial charge in [0.05, 0.1) is 20.6 Å².